The highest BCUT2D eigenvalue weighted by Gasteiger charge is 2.42. The van der Waals surface area contributed by atoms with E-state index in [1.165, 1.54) is 0 Å². The molecule has 3 aromatic carbocycles. The van der Waals surface area contributed by atoms with Gasteiger partial charge in [-0.2, -0.15) is 0 Å². The Morgan fingerprint density at radius 3 is 2.39 bits per heavy atom. The number of benzene rings is 3. The van der Waals surface area contributed by atoms with Gasteiger partial charge in [0.15, 0.2) is 10.2 Å². The second-order valence-corrected chi connectivity index (χ2v) is 10.4. The Hall–Kier alpha value is -4.07. The number of nitrogens with zero attached hydrogens (tertiary/aromatic N) is 2. The van der Waals surface area contributed by atoms with E-state index in [-0.39, 0.29) is 12.1 Å². The van der Waals surface area contributed by atoms with E-state index in [0.717, 1.165) is 44.2 Å². The number of nitrogens with one attached hydrogen (secondary N) is 1. The third-order valence-electron chi connectivity index (χ3n) is 6.39. The number of hydrogen-bond donors (Lipinski definition) is 1. The number of furan rings is 1. The predicted molar refractivity (Wildman–Crippen MR) is 155 cm³/mol. The summed E-state index contributed by atoms with van der Waals surface area (Å²) >= 11 is 7.45. The van der Waals surface area contributed by atoms with Crippen molar-refractivity contribution in [2.75, 3.05) is 4.90 Å². The van der Waals surface area contributed by atoms with Gasteiger partial charge in [0.1, 0.15) is 23.3 Å². The lowest BCUT2D eigenvalue weighted by Gasteiger charge is -2.26. The van der Waals surface area contributed by atoms with Crippen LogP contribution in [0.25, 0.3) is 0 Å². The molecule has 1 aliphatic heterocycles. The molecule has 188 valence electrons. The summed E-state index contributed by atoms with van der Waals surface area (Å²) in [6.45, 7) is 2.04. The summed E-state index contributed by atoms with van der Waals surface area (Å²) in [5.41, 5.74) is 2.93. The Balaban J connectivity index is 1.32. The highest BCUT2D eigenvalue weighted by molar-refractivity contribution is 7.99. The average molecular weight is 536 g/mol. The molecule has 0 aliphatic carbocycles. The summed E-state index contributed by atoms with van der Waals surface area (Å²) in [4.78, 5) is 7.85. The minimum Gasteiger partial charge on any atom is -0.457 e. The molecule has 0 spiro atoms. The molecular formula is C31H25N3O2S2. The van der Waals surface area contributed by atoms with Gasteiger partial charge in [-0.05, 0) is 91.4 Å². The van der Waals surface area contributed by atoms with Crippen LogP contribution in [0, 0.1) is 6.92 Å². The topological polar surface area (TPSA) is 50.5 Å². The van der Waals surface area contributed by atoms with Crippen molar-refractivity contribution < 1.29 is 9.15 Å². The molecule has 5 nitrogen and oxygen atoms in total. The zero-order chi connectivity index (χ0) is 25.9. The Morgan fingerprint density at radius 2 is 1.63 bits per heavy atom. The second-order valence-electron chi connectivity index (χ2n) is 8.93. The van der Waals surface area contributed by atoms with E-state index in [2.05, 4.69) is 27.3 Å². The Kier molecular flexibility index (Phi) is 6.86. The molecule has 6 rings (SSSR count). The number of aryl methyl sites for hydroxylation is 1. The normalized spacial score (nSPS) is 16.9. The van der Waals surface area contributed by atoms with E-state index in [1.807, 2.05) is 104 Å². The van der Waals surface area contributed by atoms with Crippen LogP contribution < -0.4 is 15.0 Å². The van der Waals surface area contributed by atoms with Crippen LogP contribution in [0.4, 0.5) is 5.69 Å². The molecule has 0 bridgehead atoms. The van der Waals surface area contributed by atoms with Crippen LogP contribution in [-0.4, -0.2) is 10.1 Å². The maximum atomic E-state index is 6.41. The molecule has 2 atom stereocenters. The average Bonchev–Trinajstić information content (AvgIpc) is 3.55. The Bertz CT molecular complexity index is 1540. The van der Waals surface area contributed by atoms with Gasteiger partial charge in [-0.25, -0.2) is 0 Å². The lowest BCUT2D eigenvalue weighted by Crippen LogP contribution is -2.29. The van der Waals surface area contributed by atoms with Crippen LogP contribution in [0.5, 0.6) is 11.5 Å². The van der Waals surface area contributed by atoms with Gasteiger partial charge in [0.05, 0.1) is 11.7 Å². The summed E-state index contributed by atoms with van der Waals surface area (Å²) in [5, 5.41) is 4.93. The van der Waals surface area contributed by atoms with E-state index < -0.39 is 0 Å². The first-order valence-corrected chi connectivity index (χ1v) is 13.5. The Morgan fingerprint density at radius 1 is 0.868 bits per heavy atom. The fourth-order valence-corrected chi connectivity index (χ4v) is 5.69. The predicted octanol–water partition coefficient (Wildman–Crippen LogP) is 8.10. The quantitative estimate of drug-likeness (QED) is 0.211. The number of rotatable bonds is 7. The largest absolute Gasteiger partial charge is 0.457 e. The molecule has 0 saturated carbocycles. The van der Waals surface area contributed by atoms with E-state index in [9.17, 15) is 0 Å². The van der Waals surface area contributed by atoms with Gasteiger partial charge in [0.2, 0.25) is 0 Å². The molecular weight excluding hydrogens is 510 g/mol. The van der Waals surface area contributed by atoms with Crippen molar-refractivity contribution in [3.63, 3.8) is 0 Å². The summed E-state index contributed by atoms with van der Waals surface area (Å²) in [6.07, 6.45) is 1.80. The van der Waals surface area contributed by atoms with Crippen LogP contribution in [0.2, 0.25) is 0 Å². The lowest BCUT2D eigenvalue weighted by molar-refractivity contribution is 0.383. The van der Waals surface area contributed by atoms with Crippen molar-refractivity contribution in [3.8, 4) is 11.5 Å². The van der Waals surface area contributed by atoms with E-state index in [1.54, 1.807) is 18.0 Å². The van der Waals surface area contributed by atoms with Crippen LogP contribution in [0.1, 0.15) is 29.1 Å². The minimum absolute atomic E-state index is 0.174. The molecule has 38 heavy (non-hydrogen) atoms. The van der Waals surface area contributed by atoms with Gasteiger partial charge in [-0.3, -0.25) is 4.98 Å². The zero-order valence-electron chi connectivity index (χ0n) is 20.7. The van der Waals surface area contributed by atoms with E-state index >= 15 is 0 Å². The summed E-state index contributed by atoms with van der Waals surface area (Å²) in [6, 6.07) is 35.7. The summed E-state index contributed by atoms with van der Waals surface area (Å²) < 4.78 is 12.5. The van der Waals surface area contributed by atoms with Gasteiger partial charge in [-0.1, -0.05) is 54.2 Å². The highest BCUT2D eigenvalue weighted by atomic mass is 32.2. The van der Waals surface area contributed by atoms with Gasteiger partial charge in [0.25, 0.3) is 0 Å². The molecule has 0 radical (unpaired) electrons. The molecule has 1 N–H and O–H groups in total. The van der Waals surface area contributed by atoms with E-state index in [4.69, 9.17) is 21.4 Å². The number of hydrogen-bond acceptors (Lipinski definition) is 5. The first kappa shape index (κ1) is 24.3. The van der Waals surface area contributed by atoms with Crippen molar-refractivity contribution >= 4 is 34.8 Å². The van der Waals surface area contributed by atoms with Crippen LogP contribution >= 0.6 is 24.0 Å². The molecule has 1 saturated heterocycles. The fourth-order valence-electron chi connectivity index (χ4n) is 4.55. The van der Waals surface area contributed by atoms with Crippen molar-refractivity contribution in [1.29, 1.82) is 0 Å². The minimum atomic E-state index is -0.217. The lowest BCUT2D eigenvalue weighted by atomic mass is 10.0. The molecule has 7 heteroatoms. The van der Waals surface area contributed by atoms with E-state index in [0.29, 0.717) is 5.11 Å². The SMILES string of the molecule is Cc1ccccc1Oc1ccc(N2C(=S)N[C@@H](c3ccccn3)[C@@H]2c2ccc(Sc3ccccc3)o2)cc1. The maximum absolute atomic E-state index is 6.41. The second kappa shape index (κ2) is 10.7. The number of anilines is 1. The molecule has 0 amide bonds. The van der Waals surface area contributed by atoms with Gasteiger partial charge >= 0.3 is 0 Å². The van der Waals surface area contributed by atoms with Crippen LogP contribution in [-0.2, 0) is 0 Å². The van der Waals surface area contributed by atoms with Gasteiger partial charge < -0.3 is 19.4 Å². The number of para-hydroxylation sites is 1. The fraction of sp³-hybridized carbons (Fsp3) is 0.0968. The molecule has 1 fully saturated rings. The number of pyridine rings is 1. The molecule has 3 heterocycles. The van der Waals surface area contributed by atoms with Crippen LogP contribution in [0.3, 0.4) is 0 Å². The molecule has 1 aliphatic rings. The van der Waals surface area contributed by atoms with Crippen LogP contribution in [0.15, 0.2) is 130 Å². The number of ether oxygens (including phenoxy) is 1. The van der Waals surface area contributed by atoms with Crippen molar-refractivity contribution in [2.45, 2.75) is 29.0 Å². The smallest absolute Gasteiger partial charge is 0.174 e. The maximum Gasteiger partial charge on any atom is 0.174 e. The first-order valence-electron chi connectivity index (χ1n) is 12.3. The summed E-state index contributed by atoms with van der Waals surface area (Å²) in [5.74, 6) is 2.41. The standard InChI is InChI=1S/C31H25N3O2S2/c1-21-9-5-6-13-26(21)35-23-16-14-22(15-17-23)34-30(29(33-31(34)37)25-12-7-8-20-32-25)27-18-19-28(36-27)38-24-10-3-2-4-11-24/h2-20,29-30H,1H3,(H,33,37)/t29-,30-/m0/s1. The highest BCUT2D eigenvalue weighted by Crippen LogP contribution is 2.43. The number of aromatic nitrogens is 1. The zero-order valence-corrected chi connectivity index (χ0v) is 22.3. The molecule has 5 aromatic rings. The van der Waals surface area contributed by atoms with Gasteiger partial charge in [-0.15, -0.1) is 0 Å². The van der Waals surface area contributed by atoms with Crippen molar-refractivity contribution in [1.82, 2.24) is 10.3 Å². The molecule has 0 unspecified atom stereocenters. The Labute approximate surface area is 231 Å². The first-order chi connectivity index (χ1) is 18.7. The van der Waals surface area contributed by atoms with Gasteiger partial charge in [0, 0.05) is 16.8 Å². The van der Waals surface area contributed by atoms with Crippen molar-refractivity contribution in [2.24, 2.45) is 0 Å². The third kappa shape index (κ3) is 5.03. The molecule has 2 aromatic heterocycles. The number of thiocarbonyl (C=S) groups is 1. The van der Waals surface area contributed by atoms with Crippen molar-refractivity contribution in [3.05, 3.63) is 132 Å². The monoisotopic (exact) mass is 535 g/mol. The third-order valence-corrected chi connectivity index (χ3v) is 7.63. The summed E-state index contributed by atoms with van der Waals surface area (Å²) in [7, 11) is 0.